The van der Waals surface area contributed by atoms with Gasteiger partial charge >= 0.3 is 5.97 Å². The third-order valence-corrected chi connectivity index (χ3v) is 3.36. The summed E-state index contributed by atoms with van der Waals surface area (Å²) < 4.78 is 1.49. The fourth-order valence-corrected chi connectivity index (χ4v) is 2.55. The van der Waals surface area contributed by atoms with E-state index in [0.717, 1.165) is 5.69 Å². The minimum atomic E-state index is -1.00. The van der Waals surface area contributed by atoms with Crippen LogP contribution >= 0.6 is 11.8 Å². The molecule has 0 amide bonds. The van der Waals surface area contributed by atoms with E-state index in [0.29, 0.717) is 15.7 Å². The van der Waals surface area contributed by atoms with Gasteiger partial charge < -0.3 is 5.11 Å². The number of carboxylic acid groups (broad SMARTS) is 1. The third kappa shape index (κ3) is 2.33. The first-order chi connectivity index (χ1) is 8.49. The topological polar surface area (TPSA) is 93.8 Å². The Morgan fingerprint density at radius 3 is 2.72 bits per heavy atom. The Labute approximate surface area is 107 Å². The predicted octanol–water partition coefficient (Wildman–Crippen LogP) is 1.07. The average molecular weight is 265 g/mol. The van der Waals surface area contributed by atoms with Crippen molar-refractivity contribution < 1.29 is 9.90 Å². The third-order valence-electron chi connectivity index (χ3n) is 2.29. The van der Waals surface area contributed by atoms with Gasteiger partial charge in [0.05, 0.1) is 11.3 Å². The first-order valence-electron chi connectivity index (χ1n) is 5.10. The monoisotopic (exact) mass is 265 g/mol. The molecular weight excluding hydrogens is 254 g/mol. The number of aromatic carboxylic acids is 1. The molecular formula is C10H11N5O2S. The summed E-state index contributed by atoms with van der Waals surface area (Å²) in [7, 11) is 1.70. The highest BCUT2D eigenvalue weighted by atomic mass is 32.2. The molecule has 2 aromatic heterocycles. The molecule has 0 aromatic carbocycles. The van der Waals surface area contributed by atoms with Gasteiger partial charge in [0.25, 0.3) is 0 Å². The van der Waals surface area contributed by atoms with E-state index in [2.05, 4.69) is 20.5 Å². The van der Waals surface area contributed by atoms with Crippen LogP contribution in [0, 0.1) is 13.8 Å². The molecule has 18 heavy (non-hydrogen) atoms. The smallest absolute Gasteiger partial charge is 0.338 e. The van der Waals surface area contributed by atoms with Crippen LogP contribution in [0.1, 0.15) is 21.7 Å². The molecule has 0 saturated heterocycles. The minimum absolute atomic E-state index is 0.189. The normalized spacial score (nSPS) is 10.6. The first-order valence-corrected chi connectivity index (χ1v) is 5.92. The van der Waals surface area contributed by atoms with Crippen LogP contribution < -0.4 is 0 Å². The van der Waals surface area contributed by atoms with Crippen molar-refractivity contribution in [2.75, 3.05) is 0 Å². The van der Waals surface area contributed by atoms with Gasteiger partial charge in [-0.05, 0) is 42.1 Å². The van der Waals surface area contributed by atoms with Crippen molar-refractivity contribution in [2.45, 2.75) is 23.9 Å². The maximum atomic E-state index is 11.3. The van der Waals surface area contributed by atoms with E-state index < -0.39 is 5.97 Å². The van der Waals surface area contributed by atoms with Crippen LogP contribution in [0.25, 0.3) is 0 Å². The lowest BCUT2D eigenvalue weighted by Gasteiger charge is -2.08. The molecule has 0 saturated carbocycles. The van der Waals surface area contributed by atoms with Gasteiger partial charge in [0.15, 0.2) is 0 Å². The number of carboxylic acids is 1. The predicted molar refractivity (Wildman–Crippen MR) is 63.6 cm³/mol. The summed E-state index contributed by atoms with van der Waals surface area (Å²) in [6.07, 6.45) is 0. The van der Waals surface area contributed by atoms with E-state index in [1.54, 1.807) is 20.0 Å². The SMILES string of the molecule is Cc1cc(Sc2nnnn2C)c(C(=O)O)c(C)n1. The van der Waals surface area contributed by atoms with Crippen molar-refractivity contribution in [2.24, 2.45) is 7.05 Å². The van der Waals surface area contributed by atoms with Gasteiger partial charge in [0.2, 0.25) is 5.16 Å². The number of carbonyl (C=O) groups is 1. The number of tetrazole rings is 1. The van der Waals surface area contributed by atoms with Gasteiger partial charge in [-0.25, -0.2) is 9.48 Å². The fraction of sp³-hybridized carbons (Fsp3) is 0.300. The van der Waals surface area contributed by atoms with Crippen LogP contribution in [-0.2, 0) is 7.05 Å². The summed E-state index contributed by atoms with van der Waals surface area (Å²) in [4.78, 5) is 16.0. The number of hydrogen-bond donors (Lipinski definition) is 1. The van der Waals surface area contributed by atoms with Crippen LogP contribution in [-0.4, -0.2) is 36.3 Å². The Bertz CT molecular complexity index is 610. The average Bonchev–Trinajstić information content (AvgIpc) is 2.62. The second-order valence-electron chi connectivity index (χ2n) is 3.71. The van der Waals surface area contributed by atoms with E-state index in [1.807, 2.05) is 6.92 Å². The molecule has 0 radical (unpaired) electrons. The zero-order valence-electron chi connectivity index (χ0n) is 10.1. The second kappa shape index (κ2) is 4.73. The molecule has 2 rings (SSSR count). The Balaban J connectivity index is 2.49. The van der Waals surface area contributed by atoms with Gasteiger partial charge in [-0.3, -0.25) is 4.98 Å². The Hall–Kier alpha value is -1.96. The molecule has 7 nitrogen and oxygen atoms in total. The van der Waals surface area contributed by atoms with Crippen molar-refractivity contribution in [3.8, 4) is 0 Å². The molecule has 0 aliphatic rings. The molecule has 1 N–H and O–H groups in total. The number of pyridine rings is 1. The molecule has 0 spiro atoms. The lowest BCUT2D eigenvalue weighted by Crippen LogP contribution is -2.06. The molecule has 0 bridgehead atoms. The number of hydrogen-bond acceptors (Lipinski definition) is 6. The number of nitrogens with zero attached hydrogens (tertiary/aromatic N) is 5. The van der Waals surface area contributed by atoms with Crippen LogP contribution in [0.4, 0.5) is 0 Å². The summed E-state index contributed by atoms with van der Waals surface area (Å²) in [5.74, 6) is -1.00. The summed E-state index contributed by atoms with van der Waals surface area (Å²) in [5, 5.41) is 20.8. The molecule has 0 atom stereocenters. The standard InChI is InChI=1S/C10H11N5O2S/c1-5-4-7(8(9(16)17)6(2)11-5)18-10-12-13-14-15(10)3/h4H,1-3H3,(H,16,17). The number of aryl methyl sites for hydroxylation is 3. The Kier molecular flexibility index (Phi) is 3.28. The van der Waals surface area contributed by atoms with Crippen molar-refractivity contribution in [1.82, 2.24) is 25.2 Å². The van der Waals surface area contributed by atoms with Crippen molar-refractivity contribution in [3.63, 3.8) is 0 Å². The van der Waals surface area contributed by atoms with E-state index >= 15 is 0 Å². The number of rotatable bonds is 3. The molecule has 94 valence electrons. The minimum Gasteiger partial charge on any atom is -0.478 e. The van der Waals surface area contributed by atoms with Crippen molar-refractivity contribution in [3.05, 3.63) is 23.0 Å². The summed E-state index contributed by atoms with van der Waals surface area (Å²) in [5.41, 5.74) is 1.43. The zero-order valence-corrected chi connectivity index (χ0v) is 10.9. The zero-order chi connectivity index (χ0) is 13.3. The maximum absolute atomic E-state index is 11.3. The Morgan fingerprint density at radius 2 is 2.17 bits per heavy atom. The highest BCUT2D eigenvalue weighted by Crippen LogP contribution is 2.30. The van der Waals surface area contributed by atoms with Crippen LogP contribution in [0.3, 0.4) is 0 Å². The summed E-state index contributed by atoms with van der Waals surface area (Å²) >= 11 is 1.21. The first kappa shape index (κ1) is 12.5. The quantitative estimate of drug-likeness (QED) is 0.887. The second-order valence-corrected chi connectivity index (χ2v) is 4.72. The van der Waals surface area contributed by atoms with E-state index in [1.165, 1.54) is 16.4 Å². The highest BCUT2D eigenvalue weighted by molar-refractivity contribution is 7.99. The Morgan fingerprint density at radius 1 is 1.44 bits per heavy atom. The molecule has 0 unspecified atom stereocenters. The molecule has 8 heteroatoms. The molecule has 2 aromatic rings. The van der Waals surface area contributed by atoms with Crippen LogP contribution in [0.5, 0.6) is 0 Å². The van der Waals surface area contributed by atoms with Gasteiger partial charge in [-0.15, -0.1) is 5.10 Å². The highest BCUT2D eigenvalue weighted by Gasteiger charge is 2.18. The molecule has 0 aliphatic heterocycles. The lowest BCUT2D eigenvalue weighted by atomic mass is 10.2. The van der Waals surface area contributed by atoms with Gasteiger partial charge in [-0.2, -0.15) is 0 Å². The number of aromatic nitrogens is 5. The van der Waals surface area contributed by atoms with E-state index in [4.69, 9.17) is 0 Å². The summed E-state index contributed by atoms with van der Waals surface area (Å²) in [6.45, 7) is 3.49. The fourth-order valence-electron chi connectivity index (χ4n) is 1.54. The van der Waals surface area contributed by atoms with Gasteiger partial charge in [0.1, 0.15) is 0 Å². The largest absolute Gasteiger partial charge is 0.478 e. The van der Waals surface area contributed by atoms with Crippen molar-refractivity contribution in [1.29, 1.82) is 0 Å². The molecule has 2 heterocycles. The van der Waals surface area contributed by atoms with E-state index in [-0.39, 0.29) is 5.56 Å². The van der Waals surface area contributed by atoms with Gasteiger partial charge in [-0.1, -0.05) is 0 Å². The lowest BCUT2D eigenvalue weighted by molar-refractivity contribution is 0.0691. The summed E-state index contributed by atoms with van der Waals surface area (Å²) in [6, 6.07) is 1.72. The van der Waals surface area contributed by atoms with E-state index in [9.17, 15) is 9.90 Å². The molecule has 0 aliphatic carbocycles. The van der Waals surface area contributed by atoms with Crippen LogP contribution in [0.2, 0.25) is 0 Å². The van der Waals surface area contributed by atoms with Crippen LogP contribution in [0.15, 0.2) is 16.1 Å². The van der Waals surface area contributed by atoms with Crippen molar-refractivity contribution >= 4 is 17.7 Å². The molecule has 0 fully saturated rings. The van der Waals surface area contributed by atoms with Gasteiger partial charge in [0, 0.05) is 17.6 Å². The maximum Gasteiger partial charge on any atom is 0.338 e.